The third-order valence-electron chi connectivity index (χ3n) is 2.35. The van der Waals surface area contributed by atoms with Gasteiger partial charge in [-0.05, 0) is 25.1 Å². The van der Waals surface area contributed by atoms with Gasteiger partial charge in [-0.25, -0.2) is 8.42 Å². The van der Waals surface area contributed by atoms with Crippen LogP contribution < -0.4 is 10.6 Å². The lowest BCUT2D eigenvalue weighted by atomic mass is 10.1. The second-order valence-corrected chi connectivity index (χ2v) is 6.80. The average Bonchev–Trinajstić information content (AvgIpc) is 2.30. The second-order valence-electron chi connectivity index (χ2n) is 4.11. The van der Waals surface area contributed by atoms with Crippen LogP contribution in [-0.2, 0) is 9.84 Å². The first-order valence-electron chi connectivity index (χ1n) is 5.83. The van der Waals surface area contributed by atoms with Crippen LogP contribution in [0.1, 0.15) is 17.3 Å². The molecule has 0 fully saturated rings. The third-order valence-corrected chi connectivity index (χ3v) is 3.53. The fourth-order valence-electron chi connectivity index (χ4n) is 1.49. The van der Waals surface area contributed by atoms with E-state index in [1.165, 1.54) is 0 Å². The zero-order valence-corrected chi connectivity index (χ0v) is 12.4. The Morgan fingerprint density at radius 2 is 2.05 bits per heavy atom. The van der Waals surface area contributed by atoms with E-state index in [0.717, 1.165) is 6.26 Å². The van der Waals surface area contributed by atoms with Crippen LogP contribution in [0.15, 0.2) is 18.2 Å². The van der Waals surface area contributed by atoms with Gasteiger partial charge in [-0.2, -0.15) is 0 Å². The van der Waals surface area contributed by atoms with Crippen molar-refractivity contribution in [2.75, 3.05) is 30.4 Å². The van der Waals surface area contributed by atoms with E-state index in [0.29, 0.717) is 22.8 Å². The lowest BCUT2D eigenvalue weighted by Gasteiger charge is -2.11. The smallest absolute Gasteiger partial charge is 0.253 e. The summed E-state index contributed by atoms with van der Waals surface area (Å²) in [5.41, 5.74) is 1.08. The molecule has 5 nitrogen and oxygen atoms in total. The molecule has 19 heavy (non-hydrogen) atoms. The molecule has 2 N–H and O–H groups in total. The van der Waals surface area contributed by atoms with Gasteiger partial charge in [-0.3, -0.25) is 4.79 Å². The predicted molar refractivity (Wildman–Crippen MR) is 77.7 cm³/mol. The van der Waals surface area contributed by atoms with Crippen molar-refractivity contribution in [2.45, 2.75) is 6.92 Å². The van der Waals surface area contributed by atoms with Gasteiger partial charge < -0.3 is 10.6 Å². The monoisotopic (exact) mass is 304 g/mol. The summed E-state index contributed by atoms with van der Waals surface area (Å²) in [6, 6.07) is 4.96. The molecule has 0 aliphatic carbocycles. The summed E-state index contributed by atoms with van der Waals surface area (Å²) < 4.78 is 22.0. The van der Waals surface area contributed by atoms with Gasteiger partial charge in [0.2, 0.25) is 0 Å². The van der Waals surface area contributed by atoms with Crippen LogP contribution in [0, 0.1) is 0 Å². The molecule has 0 heterocycles. The summed E-state index contributed by atoms with van der Waals surface area (Å²) in [5, 5.41) is 6.07. The van der Waals surface area contributed by atoms with E-state index in [4.69, 9.17) is 11.6 Å². The molecule has 1 aromatic rings. The Labute approximate surface area is 118 Å². The van der Waals surface area contributed by atoms with Gasteiger partial charge in [0, 0.05) is 30.1 Å². The lowest BCUT2D eigenvalue weighted by molar-refractivity contribution is 0.0957. The summed E-state index contributed by atoms with van der Waals surface area (Å²) in [7, 11) is -3.09. The van der Waals surface area contributed by atoms with Crippen molar-refractivity contribution in [1.29, 1.82) is 0 Å². The minimum Gasteiger partial charge on any atom is -0.385 e. The SMILES string of the molecule is CCNc1ccc(Cl)cc1C(=O)NCCS(C)(=O)=O. The molecule has 0 aromatic heterocycles. The fraction of sp³-hybridized carbons (Fsp3) is 0.417. The minimum absolute atomic E-state index is 0.0791. The van der Waals surface area contributed by atoms with Crippen LogP contribution in [0.25, 0.3) is 0 Å². The van der Waals surface area contributed by atoms with Gasteiger partial charge in [0.05, 0.1) is 11.3 Å². The number of carbonyl (C=O) groups is 1. The summed E-state index contributed by atoms with van der Waals surface area (Å²) >= 11 is 5.86. The molecular formula is C12H17ClN2O3S. The van der Waals surface area contributed by atoms with Gasteiger partial charge in [0.15, 0.2) is 0 Å². The van der Waals surface area contributed by atoms with Crippen LogP contribution in [0.4, 0.5) is 5.69 Å². The number of carbonyl (C=O) groups excluding carboxylic acids is 1. The predicted octanol–water partition coefficient (Wildman–Crippen LogP) is 1.55. The van der Waals surface area contributed by atoms with Crippen molar-refractivity contribution < 1.29 is 13.2 Å². The Morgan fingerprint density at radius 1 is 1.37 bits per heavy atom. The second kappa shape index (κ2) is 6.77. The van der Waals surface area contributed by atoms with E-state index in [1.807, 2.05) is 6.92 Å². The van der Waals surface area contributed by atoms with Crippen molar-refractivity contribution in [2.24, 2.45) is 0 Å². The number of rotatable bonds is 6. The Morgan fingerprint density at radius 3 is 2.63 bits per heavy atom. The zero-order valence-electron chi connectivity index (χ0n) is 10.9. The number of amides is 1. The molecule has 0 saturated carbocycles. The highest BCUT2D eigenvalue weighted by Crippen LogP contribution is 2.20. The molecule has 0 aliphatic rings. The Hall–Kier alpha value is -1.27. The summed E-state index contributed by atoms with van der Waals surface area (Å²) in [6.07, 6.45) is 1.13. The van der Waals surface area contributed by atoms with Crippen molar-refractivity contribution in [3.05, 3.63) is 28.8 Å². The first-order valence-corrected chi connectivity index (χ1v) is 8.26. The molecule has 1 aromatic carbocycles. The third kappa shape index (κ3) is 5.48. The Bertz CT molecular complexity index is 558. The molecule has 0 radical (unpaired) electrons. The van der Waals surface area contributed by atoms with Crippen molar-refractivity contribution in [3.63, 3.8) is 0 Å². The topological polar surface area (TPSA) is 75.3 Å². The number of anilines is 1. The van der Waals surface area contributed by atoms with E-state index in [-0.39, 0.29) is 18.2 Å². The Kier molecular flexibility index (Phi) is 5.62. The van der Waals surface area contributed by atoms with Crippen LogP contribution in [-0.4, -0.2) is 39.4 Å². The number of hydrogen-bond donors (Lipinski definition) is 2. The van der Waals surface area contributed by atoms with Crippen molar-refractivity contribution >= 4 is 33.0 Å². The normalized spacial score (nSPS) is 11.1. The minimum atomic E-state index is -3.09. The van der Waals surface area contributed by atoms with Gasteiger partial charge in [-0.15, -0.1) is 0 Å². The first kappa shape index (κ1) is 15.8. The van der Waals surface area contributed by atoms with E-state index in [2.05, 4.69) is 10.6 Å². The number of nitrogens with one attached hydrogen (secondary N) is 2. The number of benzene rings is 1. The molecule has 0 saturated heterocycles. The Balaban J connectivity index is 2.78. The molecule has 106 valence electrons. The van der Waals surface area contributed by atoms with E-state index in [1.54, 1.807) is 18.2 Å². The lowest BCUT2D eigenvalue weighted by Crippen LogP contribution is -2.29. The number of sulfone groups is 1. The maximum Gasteiger partial charge on any atom is 0.253 e. The molecule has 7 heteroatoms. The van der Waals surface area contributed by atoms with Crippen LogP contribution in [0.2, 0.25) is 5.02 Å². The molecule has 0 bridgehead atoms. The number of hydrogen-bond acceptors (Lipinski definition) is 4. The maximum atomic E-state index is 12.0. The van der Waals surface area contributed by atoms with Gasteiger partial charge in [0.1, 0.15) is 9.84 Å². The maximum absolute atomic E-state index is 12.0. The van der Waals surface area contributed by atoms with Crippen molar-refractivity contribution in [3.8, 4) is 0 Å². The van der Waals surface area contributed by atoms with Crippen molar-refractivity contribution in [1.82, 2.24) is 5.32 Å². The summed E-state index contributed by atoms with van der Waals surface area (Å²) in [6.45, 7) is 2.67. The molecule has 1 amide bonds. The molecule has 0 spiro atoms. The van der Waals surface area contributed by atoms with Crippen LogP contribution in [0.5, 0.6) is 0 Å². The quantitative estimate of drug-likeness (QED) is 0.836. The number of halogens is 1. The fourth-order valence-corrected chi connectivity index (χ4v) is 2.14. The standard InChI is InChI=1S/C12H17ClN2O3S/c1-3-14-11-5-4-9(13)8-10(11)12(16)15-6-7-19(2,17)18/h4-5,8,14H,3,6-7H2,1-2H3,(H,15,16). The molecule has 0 atom stereocenters. The summed E-state index contributed by atoms with van der Waals surface area (Å²) in [4.78, 5) is 12.0. The molecule has 0 unspecified atom stereocenters. The average molecular weight is 305 g/mol. The van der Waals surface area contributed by atoms with E-state index in [9.17, 15) is 13.2 Å². The molecule has 1 rings (SSSR count). The van der Waals surface area contributed by atoms with Crippen LogP contribution in [0.3, 0.4) is 0 Å². The highest BCUT2D eigenvalue weighted by molar-refractivity contribution is 7.90. The highest BCUT2D eigenvalue weighted by atomic mass is 35.5. The van der Waals surface area contributed by atoms with E-state index >= 15 is 0 Å². The van der Waals surface area contributed by atoms with E-state index < -0.39 is 9.84 Å². The zero-order chi connectivity index (χ0) is 14.5. The van der Waals surface area contributed by atoms with Crippen LogP contribution >= 0.6 is 11.6 Å². The molecular weight excluding hydrogens is 288 g/mol. The highest BCUT2D eigenvalue weighted by Gasteiger charge is 2.12. The largest absolute Gasteiger partial charge is 0.385 e. The van der Waals surface area contributed by atoms with Gasteiger partial charge >= 0.3 is 0 Å². The van der Waals surface area contributed by atoms with Gasteiger partial charge in [-0.1, -0.05) is 11.6 Å². The first-order chi connectivity index (χ1) is 8.83. The summed E-state index contributed by atoms with van der Waals surface area (Å²) in [5.74, 6) is -0.433. The van der Waals surface area contributed by atoms with Gasteiger partial charge in [0.25, 0.3) is 5.91 Å². The molecule has 0 aliphatic heterocycles.